The number of carbonyl (C=O) groups is 3. The molecule has 3 aliphatic carbocycles. The van der Waals surface area contributed by atoms with Crippen LogP contribution in [0.3, 0.4) is 0 Å². The second-order valence-corrected chi connectivity index (χ2v) is 10.4. The Kier molecular flexibility index (Phi) is 6.03. The molecular formula is C28H32N2O5. The number of hydrogen-bond donors (Lipinski definition) is 3. The number of carbonyl (C=O) groups excluding carboxylic acids is 2. The fourth-order valence-electron chi connectivity index (χ4n) is 6.02. The number of aliphatic carboxylic acids is 1. The van der Waals surface area contributed by atoms with Gasteiger partial charge in [-0.05, 0) is 61.3 Å². The first-order chi connectivity index (χ1) is 16.8. The van der Waals surface area contributed by atoms with Crippen LogP contribution in [0.2, 0.25) is 0 Å². The summed E-state index contributed by atoms with van der Waals surface area (Å²) in [5.74, 6) is -1.83. The van der Waals surface area contributed by atoms with Crippen LogP contribution in [0.25, 0.3) is 11.1 Å². The number of ether oxygens (including phenoxy) is 1. The SMILES string of the molecule is CC1(NC(=O)OCC2c3ccccc3-c3ccccc32)CCCCC1C(=O)NC1(C(=O)O)CCC1. The lowest BCUT2D eigenvalue weighted by Crippen LogP contribution is -2.64. The molecule has 2 atom stereocenters. The third-order valence-electron chi connectivity index (χ3n) is 8.23. The second kappa shape index (κ2) is 9.02. The fraction of sp³-hybridized carbons (Fsp3) is 0.464. The van der Waals surface area contributed by atoms with Gasteiger partial charge >= 0.3 is 12.1 Å². The van der Waals surface area contributed by atoms with Crippen molar-refractivity contribution in [1.29, 1.82) is 0 Å². The van der Waals surface area contributed by atoms with Crippen molar-refractivity contribution in [2.45, 2.75) is 68.9 Å². The molecule has 5 rings (SSSR count). The Balaban J connectivity index is 1.26. The molecule has 2 unspecified atom stereocenters. The molecular weight excluding hydrogens is 444 g/mol. The summed E-state index contributed by atoms with van der Waals surface area (Å²) in [5, 5.41) is 15.4. The molecule has 184 valence electrons. The zero-order valence-electron chi connectivity index (χ0n) is 20.0. The number of hydrogen-bond acceptors (Lipinski definition) is 4. The molecule has 7 heteroatoms. The minimum atomic E-state index is -1.17. The van der Waals surface area contributed by atoms with Crippen LogP contribution in [0.5, 0.6) is 0 Å². The van der Waals surface area contributed by atoms with Crippen LogP contribution < -0.4 is 10.6 Å². The predicted octanol–water partition coefficient (Wildman–Crippen LogP) is 4.60. The fourth-order valence-corrected chi connectivity index (χ4v) is 6.02. The van der Waals surface area contributed by atoms with Gasteiger partial charge in [-0.3, -0.25) is 4.79 Å². The molecule has 2 fully saturated rings. The molecule has 0 aromatic heterocycles. The van der Waals surface area contributed by atoms with E-state index in [4.69, 9.17) is 4.74 Å². The molecule has 0 aliphatic heterocycles. The van der Waals surface area contributed by atoms with Crippen molar-refractivity contribution < 1.29 is 24.2 Å². The molecule has 2 amide bonds. The first-order valence-electron chi connectivity index (χ1n) is 12.5. The van der Waals surface area contributed by atoms with E-state index in [9.17, 15) is 19.5 Å². The van der Waals surface area contributed by atoms with Crippen molar-refractivity contribution in [3.8, 4) is 11.1 Å². The van der Waals surface area contributed by atoms with Gasteiger partial charge in [-0.25, -0.2) is 9.59 Å². The first-order valence-corrected chi connectivity index (χ1v) is 12.5. The zero-order chi connectivity index (χ0) is 24.6. The van der Waals surface area contributed by atoms with Crippen molar-refractivity contribution in [1.82, 2.24) is 10.6 Å². The summed E-state index contributed by atoms with van der Waals surface area (Å²) in [6.45, 7) is 2.07. The highest BCUT2D eigenvalue weighted by atomic mass is 16.5. The lowest BCUT2D eigenvalue weighted by molar-refractivity contribution is -0.153. The Hall–Kier alpha value is -3.35. The molecule has 35 heavy (non-hydrogen) atoms. The molecule has 2 aromatic rings. The van der Waals surface area contributed by atoms with Crippen LogP contribution in [0, 0.1) is 5.92 Å². The minimum Gasteiger partial charge on any atom is -0.480 e. The maximum absolute atomic E-state index is 13.2. The molecule has 0 heterocycles. The molecule has 0 saturated heterocycles. The summed E-state index contributed by atoms with van der Waals surface area (Å²) in [7, 11) is 0. The number of nitrogens with one attached hydrogen (secondary N) is 2. The average Bonchev–Trinajstić information content (AvgIpc) is 3.13. The highest BCUT2D eigenvalue weighted by Gasteiger charge is 2.49. The van der Waals surface area contributed by atoms with Crippen LogP contribution in [-0.4, -0.2) is 40.8 Å². The van der Waals surface area contributed by atoms with Crippen LogP contribution in [-0.2, 0) is 14.3 Å². The highest BCUT2D eigenvalue weighted by Crippen LogP contribution is 2.44. The van der Waals surface area contributed by atoms with Gasteiger partial charge in [0, 0.05) is 5.92 Å². The number of benzene rings is 2. The summed E-state index contributed by atoms with van der Waals surface area (Å²) in [6, 6.07) is 16.3. The van der Waals surface area contributed by atoms with Crippen LogP contribution in [0.4, 0.5) is 4.79 Å². The third kappa shape index (κ3) is 4.17. The normalized spacial score (nSPS) is 24.4. The van der Waals surface area contributed by atoms with E-state index >= 15 is 0 Å². The molecule has 7 nitrogen and oxygen atoms in total. The van der Waals surface area contributed by atoms with E-state index < -0.39 is 29.1 Å². The standard InChI is InChI=1S/C28H32N2O5/c1-27(14-7-6-13-23(27)24(31)29-28(25(32)33)15-8-16-28)30-26(34)35-17-22-20-11-4-2-9-18(20)19-10-3-5-12-21(19)22/h2-5,9-12,22-23H,6-8,13-17H2,1H3,(H,29,31)(H,30,34)(H,32,33). The Bertz CT molecular complexity index is 1110. The first kappa shape index (κ1) is 23.4. The van der Waals surface area contributed by atoms with Crippen LogP contribution >= 0.6 is 0 Å². The van der Waals surface area contributed by atoms with E-state index in [2.05, 4.69) is 34.9 Å². The topological polar surface area (TPSA) is 105 Å². The van der Waals surface area contributed by atoms with Gasteiger partial charge in [0.1, 0.15) is 12.1 Å². The van der Waals surface area contributed by atoms with E-state index in [1.807, 2.05) is 31.2 Å². The molecule has 2 saturated carbocycles. The van der Waals surface area contributed by atoms with E-state index in [-0.39, 0.29) is 18.4 Å². The van der Waals surface area contributed by atoms with Gasteiger partial charge in [-0.15, -0.1) is 0 Å². The number of carboxylic acid groups (broad SMARTS) is 1. The van der Waals surface area contributed by atoms with Gasteiger partial charge in [0.2, 0.25) is 5.91 Å². The highest BCUT2D eigenvalue weighted by molar-refractivity contribution is 5.90. The molecule has 0 radical (unpaired) electrons. The third-order valence-corrected chi connectivity index (χ3v) is 8.23. The number of alkyl carbamates (subject to hydrolysis) is 1. The summed E-state index contributed by atoms with van der Waals surface area (Å²) in [4.78, 5) is 37.9. The average molecular weight is 477 g/mol. The Morgan fingerprint density at radius 2 is 1.54 bits per heavy atom. The molecule has 3 N–H and O–H groups in total. The Morgan fingerprint density at radius 3 is 2.11 bits per heavy atom. The summed E-state index contributed by atoms with van der Waals surface area (Å²) >= 11 is 0. The van der Waals surface area contributed by atoms with Gasteiger partial charge in [0.05, 0.1) is 11.5 Å². The largest absolute Gasteiger partial charge is 0.480 e. The van der Waals surface area contributed by atoms with Crippen LogP contribution in [0.15, 0.2) is 48.5 Å². The van der Waals surface area contributed by atoms with Crippen LogP contribution in [0.1, 0.15) is 68.9 Å². The molecule has 2 aromatic carbocycles. The van der Waals surface area contributed by atoms with Crippen molar-refractivity contribution in [3.63, 3.8) is 0 Å². The number of fused-ring (bicyclic) bond motifs is 3. The Labute approximate surface area is 205 Å². The summed E-state index contributed by atoms with van der Waals surface area (Å²) in [6.07, 6.45) is 4.09. The van der Waals surface area contributed by atoms with Gasteiger partial charge in [0.25, 0.3) is 0 Å². The van der Waals surface area contributed by atoms with Gasteiger partial charge < -0.3 is 20.5 Å². The lowest BCUT2D eigenvalue weighted by atomic mass is 9.71. The molecule has 0 spiro atoms. The maximum Gasteiger partial charge on any atom is 0.407 e. The van der Waals surface area contributed by atoms with E-state index in [1.54, 1.807) is 0 Å². The lowest BCUT2D eigenvalue weighted by Gasteiger charge is -2.44. The van der Waals surface area contributed by atoms with Gasteiger partial charge in [-0.2, -0.15) is 0 Å². The number of amides is 2. The van der Waals surface area contributed by atoms with Gasteiger partial charge in [-0.1, -0.05) is 61.4 Å². The maximum atomic E-state index is 13.2. The van der Waals surface area contributed by atoms with E-state index in [1.165, 1.54) is 0 Å². The number of rotatable bonds is 6. The van der Waals surface area contributed by atoms with Crippen molar-refractivity contribution in [2.24, 2.45) is 5.92 Å². The smallest absolute Gasteiger partial charge is 0.407 e. The van der Waals surface area contributed by atoms with Gasteiger partial charge in [0.15, 0.2) is 0 Å². The quantitative estimate of drug-likeness (QED) is 0.565. The Morgan fingerprint density at radius 1 is 0.914 bits per heavy atom. The molecule has 0 bridgehead atoms. The monoisotopic (exact) mass is 476 g/mol. The van der Waals surface area contributed by atoms with Crippen molar-refractivity contribution in [2.75, 3.05) is 6.61 Å². The summed E-state index contributed by atoms with van der Waals surface area (Å²) < 4.78 is 5.73. The zero-order valence-corrected chi connectivity index (χ0v) is 20.0. The minimum absolute atomic E-state index is 0.0413. The van der Waals surface area contributed by atoms with Crippen molar-refractivity contribution in [3.05, 3.63) is 59.7 Å². The number of carboxylic acids is 1. The summed E-state index contributed by atoms with van der Waals surface area (Å²) in [5.41, 5.74) is 2.64. The second-order valence-electron chi connectivity index (χ2n) is 10.4. The predicted molar refractivity (Wildman–Crippen MR) is 131 cm³/mol. The molecule has 3 aliphatic rings. The van der Waals surface area contributed by atoms with E-state index in [0.717, 1.165) is 41.5 Å². The van der Waals surface area contributed by atoms with E-state index in [0.29, 0.717) is 25.7 Å². The van der Waals surface area contributed by atoms with Crippen molar-refractivity contribution >= 4 is 18.0 Å².